The van der Waals surface area contributed by atoms with E-state index in [1.165, 1.54) is 6.08 Å². The first-order valence-corrected chi connectivity index (χ1v) is 11.0. The zero-order valence-corrected chi connectivity index (χ0v) is 20.2. The van der Waals surface area contributed by atoms with Gasteiger partial charge in [-0.15, -0.1) is 0 Å². The van der Waals surface area contributed by atoms with Crippen LogP contribution in [0.3, 0.4) is 0 Å². The third kappa shape index (κ3) is 7.16. The number of methoxy groups -OCH3 is 1. The minimum absolute atomic E-state index is 0.147. The van der Waals surface area contributed by atoms with Crippen LogP contribution in [-0.4, -0.2) is 38.0 Å². The van der Waals surface area contributed by atoms with E-state index in [0.29, 0.717) is 35.2 Å². The Kier molecular flexibility index (Phi) is 8.98. The third-order valence-corrected chi connectivity index (χ3v) is 4.82. The SMILES string of the molecule is CCOc1cc(/C=C(/C#N)C(=O)Nc2cc(C)on2)cc(Cl)c1OCCOc1ccc(OC)cc1. The van der Waals surface area contributed by atoms with Gasteiger partial charge in [-0.25, -0.2) is 0 Å². The lowest BCUT2D eigenvalue weighted by molar-refractivity contribution is -0.112. The zero-order chi connectivity index (χ0) is 25.2. The summed E-state index contributed by atoms with van der Waals surface area (Å²) in [6.07, 6.45) is 1.40. The number of carbonyl (C=O) groups is 1. The summed E-state index contributed by atoms with van der Waals surface area (Å²) in [5.41, 5.74) is 0.342. The van der Waals surface area contributed by atoms with Gasteiger partial charge < -0.3 is 28.8 Å². The van der Waals surface area contributed by atoms with Gasteiger partial charge in [0, 0.05) is 6.07 Å². The van der Waals surface area contributed by atoms with Crippen LogP contribution in [0.2, 0.25) is 5.02 Å². The highest BCUT2D eigenvalue weighted by atomic mass is 35.5. The average molecular weight is 498 g/mol. The van der Waals surface area contributed by atoms with E-state index in [1.54, 1.807) is 56.5 Å². The van der Waals surface area contributed by atoms with Crippen LogP contribution in [0.1, 0.15) is 18.2 Å². The first-order valence-electron chi connectivity index (χ1n) is 10.7. The summed E-state index contributed by atoms with van der Waals surface area (Å²) in [5.74, 6) is 2.23. The molecule has 9 nitrogen and oxygen atoms in total. The maximum atomic E-state index is 12.5. The van der Waals surface area contributed by atoms with Crippen LogP contribution in [0.4, 0.5) is 5.82 Å². The van der Waals surface area contributed by atoms with Gasteiger partial charge in [-0.2, -0.15) is 5.26 Å². The van der Waals surface area contributed by atoms with Gasteiger partial charge in [0.2, 0.25) is 0 Å². The highest BCUT2D eigenvalue weighted by molar-refractivity contribution is 6.32. The number of hydrogen-bond acceptors (Lipinski definition) is 8. The van der Waals surface area contributed by atoms with Crippen molar-refractivity contribution in [2.45, 2.75) is 13.8 Å². The molecule has 35 heavy (non-hydrogen) atoms. The minimum atomic E-state index is -0.633. The van der Waals surface area contributed by atoms with Crippen molar-refractivity contribution in [3.8, 4) is 29.1 Å². The molecule has 3 rings (SSSR count). The van der Waals surface area contributed by atoms with E-state index in [-0.39, 0.29) is 29.6 Å². The van der Waals surface area contributed by atoms with Crippen LogP contribution in [-0.2, 0) is 4.79 Å². The lowest BCUT2D eigenvalue weighted by Crippen LogP contribution is -2.13. The number of aromatic nitrogens is 1. The number of nitrogens with zero attached hydrogens (tertiary/aromatic N) is 2. The fourth-order valence-corrected chi connectivity index (χ4v) is 3.25. The second kappa shape index (κ2) is 12.3. The van der Waals surface area contributed by atoms with Crippen molar-refractivity contribution in [1.82, 2.24) is 5.16 Å². The van der Waals surface area contributed by atoms with Gasteiger partial charge in [-0.05, 0) is 61.9 Å². The Morgan fingerprint density at radius 3 is 2.49 bits per heavy atom. The van der Waals surface area contributed by atoms with E-state index < -0.39 is 5.91 Å². The van der Waals surface area contributed by atoms with Gasteiger partial charge in [-0.3, -0.25) is 4.79 Å². The fourth-order valence-electron chi connectivity index (χ4n) is 2.97. The van der Waals surface area contributed by atoms with Crippen molar-refractivity contribution < 1.29 is 28.3 Å². The van der Waals surface area contributed by atoms with Crippen LogP contribution in [0.5, 0.6) is 23.0 Å². The number of aryl methyl sites for hydroxylation is 1. The Morgan fingerprint density at radius 1 is 1.14 bits per heavy atom. The summed E-state index contributed by atoms with van der Waals surface area (Å²) < 4.78 is 27.2. The van der Waals surface area contributed by atoms with Crippen LogP contribution >= 0.6 is 11.6 Å². The predicted octanol–water partition coefficient (Wildman–Crippen LogP) is 5.05. The molecule has 1 N–H and O–H groups in total. The molecule has 0 radical (unpaired) electrons. The molecule has 2 aromatic carbocycles. The van der Waals surface area contributed by atoms with Crippen LogP contribution in [0.25, 0.3) is 6.08 Å². The number of ether oxygens (including phenoxy) is 4. The molecule has 0 unspecified atom stereocenters. The Balaban J connectivity index is 1.69. The smallest absolute Gasteiger partial charge is 0.267 e. The number of nitriles is 1. The third-order valence-electron chi connectivity index (χ3n) is 4.54. The first kappa shape index (κ1) is 25.5. The molecule has 1 heterocycles. The van der Waals surface area contributed by atoms with Crippen molar-refractivity contribution in [3.05, 3.63) is 64.4 Å². The molecule has 0 spiro atoms. The minimum Gasteiger partial charge on any atom is -0.497 e. The molecular weight excluding hydrogens is 474 g/mol. The van der Waals surface area contributed by atoms with Crippen molar-refractivity contribution >= 4 is 29.4 Å². The lowest BCUT2D eigenvalue weighted by Gasteiger charge is -2.15. The van der Waals surface area contributed by atoms with Crippen molar-refractivity contribution in [2.24, 2.45) is 0 Å². The number of rotatable bonds is 11. The van der Waals surface area contributed by atoms with Gasteiger partial charge in [0.15, 0.2) is 17.3 Å². The quantitative estimate of drug-likeness (QED) is 0.222. The topological polar surface area (TPSA) is 116 Å². The molecule has 0 aliphatic carbocycles. The Labute approximate surface area is 207 Å². The molecular formula is C25H24ClN3O6. The number of carbonyl (C=O) groups excluding carboxylic acids is 1. The highest BCUT2D eigenvalue weighted by Gasteiger charge is 2.16. The number of benzene rings is 2. The van der Waals surface area contributed by atoms with E-state index in [4.69, 9.17) is 35.1 Å². The summed E-state index contributed by atoms with van der Waals surface area (Å²) in [7, 11) is 1.60. The molecule has 3 aromatic rings. The molecule has 1 amide bonds. The van der Waals surface area contributed by atoms with Crippen molar-refractivity contribution in [1.29, 1.82) is 5.26 Å². The number of halogens is 1. The number of anilines is 1. The fraction of sp³-hybridized carbons (Fsp3) is 0.240. The summed E-state index contributed by atoms with van der Waals surface area (Å²) in [5, 5.41) is 15.9. The standard InChI is InChI=1S/C25H24ClN3O6/c1-4-32-22-14-17(12-18(15-27)25(30)28-23-11-16(2)35-29-23)13-21(26)24(22)34-10-9-33-20-7-5-19(31-3)6-8-20/h5-8,11-14H,4,9-10H2,1-3H3,(H,28,29,30)/b18-12-. The first-order chi connectivity index (χ1) is 16.9. The van der Waals surface area contributed by atoms with Gasteiger partial charge in [-0.1, -0.05) is 16.8 Å². The monoisotopic (exact) mass is 497 g/mol. The highest BCUT2D eigenvalue weighted by Crippen LogP contribution is 2.37. The Morgan fingerprint density at radius 2 is 1.86 bits per heavy atom. The van der Waals surface area contributed by atoms with Crippen molar-refractivity contribution in [2.75, 3.05) is 32.2 Å². The summed E-state index contributed by atoms with van der Waals surface area (Å²) in [6, 6.07) is 13.8. The Hall–Kier alpha value is -4.16. The second-order valence-corrected chi connectivity index (χ2v) is 7.49. The number of amides is 1. The van der Waals surface area contributed by atoms with Gasteiger partial charge >= 0.3 is 0 Å². The Bertz CT molecular complexity index is 1230. The number of nitrogens with one attached hydrogen (secondary N) is 1. The molecule has 0 bridgehead atoms. The predicted molar refractivity (Wildman–Crippen MR) is 130 cm³/mol. The molecule has 0 fully saturated rings. The van der Waals surface area contributed by atoms with Crippen LogP contribution in [0, 0.1) is 18.3 Å². The van der Waals surface area contributed by atoms with Crippen LogP contribution < -0.4 is 24.3 Å². The largest absolute Gasteiger partial charge is 0.497 e. The van der Waals surface area contributed by atoms with Gasteiger partial charge in [0.05, 0.1) is 18.7 Å². The van der Waals surface area contributed by atoms with E-state index in [2.05, 4.69) is 10.5 Å². The van der Waals surface area contributed by atoms with E-state index >= 15 is 0 Å². The average Bonchev–Trinajstić information content (AvgIpc) is 3.26. The summed E-state index contributed by atoms with van der Waals surface area (Å²) >= 11 is 6.44. The maximum Gasteiger partial charge on any atom is 0.267 e. The van der Waals surface area contributed by atoms with Gasteiger partial charge in [0.1, 0.15) is 42.1 Å². The van der Waals surface area contributed by atoms with E-state index in [9.17, 15) is 10.1 Å². The molecule has 1 aromatic heterocycles. The van der Waals surface area contributed by atoms with Crippen LogP contribution in [0.15, 0.2) is 52.6 Å². The lowest BCUT2D eigenvalue weighted by atomic mass is 10.1. The second-order valence-electron chi connectivity index (χ2n) is 7.08. The van der Waals surface area contributed by atoms with E-state index in [0.717, 1.165) is 5.75 Å². The van der Waals surface area contributed by atoms with Crippen molar-refractivity contribution in [3.63, 3.8) is 0 Å². The summed E-state index contributed by atoms with van der Waals surface area (Å²) in [4.78, 5) is 12.5. The summed E-state index contributed by atoms with van der Waals surface area (Å²) in [6.45, 7) is 4.36. The molecule has 10 heteroatoms. The van der Waals surface area contributed by atoms with Gasteiger partial charge in [0.25, 0.3) is 5.91 Å². The van der Waals surface area contributed by atoms with E-state index in [1.807, 2.05) is 13.0 Å². The molecule has 182 valence electrons. The zero-order valence-electron chi connectivity index (χ0n) is 19.5. The number of hydrogen-bond donors (Lipinski definition) is 1. The molecule has 0 saturated carbocycles. The maximum absolute atomic E-state index is 12.5. The molecule has 0 aliphatic heterocycles. The molecule has 0 atom stereocenters. The molecule has 0 aliphatic rings. The molecule has 0 saturated heterocycles. The normalized spacial score (nSPS) is 10.9.